The summed E-state index contributed by atoms with van der Waals surface area (Å²) in [5.41, 5.74) is 0.996. The van der Waals surface area contributed by atoms with Crippen LogP contribution in [0.1, 0.15) is 36.0 Å². The van der Waals surface area contributed by atoms with Gasteiger partial charge in [0.1, 0.15) is 23.1 Å². The van der Waals surface area contributed by atoms with Crippen molar-refractivity contribution in [1.82, 2.24) is 9.88 Å². The molecule has 1 amide bonds. The Kier molecular flexibility index (Phi) is 6.37. The summed E-state index contributed by atoms with van der Waals surface area (Å²) in [6, 6.07) is 8.22. The Labute approximate surface area is 188 Å². The minimum absolute atomic E-state index is 0.0569. The van der Waals surface area contributed by atoms with E-state index in [0.29, 0.717) is 23.2 Å². The molecule has 2 heterocycles. The summed E-state index contributed by atoms with van der Waals surface area (Å²) in [6.07, 6.45) is -1.25. The molecular weight excluding hydrogens is 445 g/mol. The molecule has 1 fully saturated rings. The molecule has 1 aliphatic carbocycles. The molecule has 2 aliphatic rings. The minimum atomic E-state index is -4.38. The molecule has 2 unspecified atom stereocenters. The quantitative estimate of drug-likeness (QED) is 0.708. The lowest BCUT2D eigenvalue weighted by molar-refractivity contribution is -0.142. The van der Waals surface area contributed by atoms with Crippen LogP contribution in [0, 0.1) is 0 Å². The Morgan fingerprint density at radius 3 is 2.66 bits per heavy atom. The van der Waals surface area contributed by atoms with E-state index in [0.717, 1.165) is 19.3 Å². The van der Waals surface area contributed by atoms with Gasteiger partial charge in [0.25, 0.3) is 5.91 Å². The van der Waals surface area contributed by atoms with Gasteiger partial charge >= 0.3 is 6.18 Å². The number of carbonyl (C=O) groups is 1. The molecule has 4 rings (SSSR count). The van der Waals surface area contributed by atoms with E-state index in [2.05, 4.69) is 10.6 Å². The number of ether oxygens (including phenoxy) is 1. The van der Waals surface area contributed by atoms with Crippen LogP contribution >= 0.6 is 11.6 Å². The summed E-state index contributed by atoms with van der Waals surface area (Å²) in [5, 5.41) is 5.74. The lowest BCUT2D eigenvalue weighted by Crippen LogP contribution is -2.40. The molecule has 172 valence electrons. The molecule has 0 spiro atoms. The molecule has 2 aromatic rings. The van der Waals surface area contributed by atoms with Gasteiger partial charge in [-0.05, 0) is 62.1 Å². The fraction of sp³-hybridized carbons (Fsp3) is 0.455. The second kappa shape index (κ2) is 9.05. The number of anilines is 1. The van der Waals surface area contributed by atoms with Crippen molar-refractivity contribution in [2.75, 3.05) is 12.4 Å². The van der Waals surface area contributed by atoms with Gasteiger partial charge < -0.3 is 19.9 Å². The molecule has 0 radical (unpaired) electrons. The third-order valence-electron chi connectivity index (χ3n) is 5.87. The van der Waals surface area contributed by atoms with E-state index in [-0.39, 0.29) is 35.4 Å². The van der Waals surface area contributed by atoms with Gasteiger partial charge in [0, 0.05) is 11.6 Å². The van der Waals surface area contributed by atoms with Gasteiger partial charge in [0.15, 0.2) is 0 Å². The molecular formula is C22H24ClF3N4O2. The molecule has 1 aromatic heterocycles. The van der Waals surface area contributed by atoms with Crippen molar-refractivity contribution in [2.45, 2.75) is 56.5 Å². The topological polar surface area (TPSA) is 67.6 Å². The van der Waals surface area contributed by atoms with Crippen LogP contribution in [-0.2, 0) is 6.54 Å². The summed E-state index contributed by atoms with van der Waals surface area (Å²) in [7, 11) is 1.56. The van der Waals surface area contributed by atoms with Crippen LogP contribution in [0.4, 0.5) is 19.0 Å². The minimum Gasteiger partial charge on any atom is -0.497 e. The number of amides is 1. The normalized spacial score (nSPS) is 23.4. The van der Waals surface area contributed by atoms with Crippen molar-refractivity contribution in [2.24, 2.45) is 4.99 Å². The van der Waals surface area contributed by atoms with Gasteiger partial charge in [-0.3, -0.25) is 9.79 Å². The zero-order valence-corrected chi connectivity index (χ0v) is 18.2. The van der Waals surface area contributed by atoms with Crippen LogP contribution in [0.25, 0.3) is 0 Å². The number of hydrogen-bond acceptors (Lipinski definition) is 4. The summed E-state index contributed by atoms with van der Waals surface area (Å²) >= 11 is 6.11. The van der Waals surface area contributed by atoms with Gasteiger partial charge in [-0.15, -0.1) is 0 Å². The highest BCUT2D eigenvalue weighted by atomic mass is 35.5. The van der Waals surface area contributed by atoms with E-state index in [1.807, 2.05) is 0 Å². The van der Waals surface area contributed by atoms with Gasteiger partial charge in [-0.25, -0.2) is 0 Å². The van der Waals surface area contributed by atoms with Gasteiger partial charge in [0.2, 0.25) is 0 Å². The third kappa shape index (κ3) is 4.87. The van der Waals surface area contributed by atoms with Crippen LogP contribution in [-0.4, -0.2) is 41.9 Å². The maximum atomic E-state index is 13.2. The van der Waals surface area contributed by atoms with E-state index >= 15 is 0 Å². The number of carbonyl (C=O) groups excluding carboxylic acids is 1. The maximum absolute atomic E-state index is 13.2. The van der Waals surface area contributed by atoms with Crippen LogP contribution < -0.4 is 20.9 Å². The largest absolute Gasteiger partial charge is 0.497 e. The molecule has 2 N–H and O–H groups in total. The highest BCUT2D eigenvalue weighted by molar-refractivity contribution is 6.33. The number of alkyl halides is 3. The second-order valence-electron chi connectivity index (χ2n) is 8.09. The Morgan fingerprint density at radius 2 is 1.97 bits per heavy atom. The van der Waals surface area contributed by atoms with Crippen molar-refractivity contribution >= 4 is 23.3 Å². The number of fused-ring (bicyclic) bond motifs is 1. The molecule has 32 heavy (non-hydrogen) atoms. The van der Waals surface area contributed by atoms with Crippen LogP contribution in [0.15, 0.2) is 41.4 Å². The summed E-state index contributed by atoms with van der Waals surface area (Å²) in [4.78, 5) is 17.3. The molecule has 10 heteroatoms. The Balaban J connectivity index is 1.48. The number of methoxy groups -OCH3 is 1. The predicted octanol–water partition coefficient (Wildman–Crippen LogP) is 4.15. The van der Waals surface area contributed by atoms with E-state index in [4.69, 9.17) is 21.3 Å². The first kappa shape index (κ1) is 22.5. The molecule has 1 aromatic carbocycles. The molecule has 1 aliphatic heterocycles. The number of halogens is 4. The monoisotopic (exact) mass is 468 g/mol. The smallest absolute Gasteiger partial charge is 0.410 e. The van der Waals surface area contributed by atoms with Crippen molar-refractivity contribution in [1.29, 1.82) is 0 Å². The Hall–Kier alpha value is -2.68. The molecule has 1 saturated carbocycles. The fourth-order valence-electron chi connectivity index (χ4n) is 4.19. The van der Waals surface area contributed by atoms with Crippen molar-refractivity contribution in [3.8, 4) is 5.75 Å². The van der Waals surface area contributed by atoms with Gasteiger partial charge in [-0.1, -0.05) is 11.6 Å². The zero-order chi connectivity index (χ0) is 22.9. The first-order valence-corrected chi connectivity index (χ1v) is 10.8. The molecule has 0 bridgehead atoms. The molecule has 0 saturated heterocycles. The number of nitrogens with one attached hydrogen (secondary N) is 2. The van der Waals surface area contributed by atoms with Crippen LogP contribution in [0.2, 0.25) is 5.02 Å². The van der Waals surface area contributed by atoms with Crippen molar-refractivity contribution in [3.05, 3.63) is 52.5 Å². The standard InChI is InChI=1S/C22H24ClF3N4O2/c1-32-16-7-5-13(6-8-16)21(31)28-15-4-2-3-14(11-15)27-19-10-9-17(23)20-29-18(12-30(19)20)22(24,25)26/h5-10,14-15,18,29H,2-4,11-12H2,1H3,(H,28,31)/t14-,15?,18?/m0/s1. The van der Waals surface area contributed by atoms with Crippen molar-refractivity contribution in [3.63, 3.8) is 0 Å². The molecule has 6 nitrogen and oxygen atoms in total. The van der Waals surface area contributed by atoms with E-state index in [1.165, 1.54) is 4.57 Å². The first-order valence-electron chi connectivity index (χ1n) is 10.5. The summed E-state index contributed by atoms with van der Waals surface area (Å²) < 4.78 is 46.2. The third-order valence-corrected chi connectivity index (χ3v) is 6.18. The zero-order valence-electron chi connectivity index (χ0n) is 17.5. The lowest BCUT2D eigenvalue weighted by atomic mass is 9.91. The number of benzene rings is 1. The van der Waals surface area contributed by atoms with Gasteiger partial charge in [-0.2, -0.15) is 13.2 Å². The van der Waals surface area contributed by atoms with E-state index < -0.39 is 12.2 Å². The van der Waals surface area contributed by atoms with E-state index in [1.54, 1.807) is 43.5 Å². The lowest BCUT2D eigenvalue weighted by Gasteiger charge is -2.27. The number of hydrogen-bond donors (Lipinski definition) is 2. The number of rotatable bonds is 4. The highest BCUT2D eigenvalue weighted by Crippen LogP contribution is 2.33. The summed E-state index contributed by atoms with van der Waals surface area (Å²) in [5.74, 6) is 0.737. The Morgan fingerprint density at radius 1 is 1.22 bits per heavy atom. The predicted molar refractivity (Wildman–Crippen MR) is 115 cm³/mol. The average Bonchev–Trinajstić information content (AvgIpc) is 3.23. The highest BCUT2D eigenvalue weighted by Gasteiger charge is 2.44. The average molecular weight is 469 g/mol. The van der Waals surface area contributed by atoms with Crippen molar-refractivity contribution < 1.29 is 22.7 Å². The number of aromatic nitrogens is 1. The van der Waals surface area contributed by atoms with Crippen LogP contribution in [0.3, 0.4) is 0 Å². The maximum Gasteiger partial charge on any atom is 0.410 e. The molecule has 3 atom stereocenters. The second-order valence-corrected chi connectivity index (χ2v) is 8.49. The fourth-order valence-corrected chi connectivity index (χ4v) is 4.41. The number of nitrogens with zero attached hydrogens (tertiary/aromatic N) is 2. The summed E-state index contributed by atoms with van der Waals surface area (Å²) in [6.45, 7) is -0.275. The van der Waals surface area contributed by atoms with Crippen LogP contribution in [0.5, 0.6) is 5.75 Å². The SMILES string of the molecule is COc1ccc(C(=O)NC2CCC[C@H](N=c3ccc(Cl)c4n3CC(C(F)(F)F)N4)C2)cc1. The Bertz CT molecular complexity index is 1050. The van der Waals surface area contributed by atoms with Gasteiger partial charge in [0.05, 0.1) is 24.7 Å². The number of pyridine rings is 1. The first-order chi connectivity index (χ1) is 15.2. The van der Waals surface area contributed by atoms with E-state index in [9.17, 15) is 18.0 Å².